The van der Waals surface area contributed by atoms with Crippen LogP contribution in [0.5, 0.6) is 0 Å². The molecule has 0 saturated heterocycles. The molecule has 0 saturated carbocycles. The van der Waals surface area contributed by atoms with E-state index in [9.17, 15) is 14.4 Å². The Hall–Kier alpha value is -4.18. The van der Waals surface area contributed by atoms with Crippen molar-refractivity contribution < 1.29 is 14.4 Å². The fraction of sp³-hybridized carbons (Fsp3) is 0.167. The van der Waals surface area contributed by atoms with Gasteiger partial charge in [0, 0.05) is 0 Å². The fourth-order valence-electron chi connectivity index (χ4n) is 5.28. The normalized spacial score (nSPS) is 11.0. The van der Waals surface area contributed by atoms with Crippen molar-refractivity contribution in [2.24, 2.45) is 0 Å². The van der Waals surface area contributed by atoms with Crippen LogP contribution in [0.3, 0.4) is 0 Å². The van der Waals surface area contributed by atoms with E-state index in [0.29, 0.717) is 19.6 Å². The average Bonchev–Trinajstić information content (AvgIpc) is 3.85. The van der Waals surface area contributed by atoms with E-state index in [1.165, 1.54) is 0 Å². The number of carbonyl (C=O) groups is 3. The minimum absolute atomic E-state index is 0.0827. The van der Waals surface area contributed by atoms with Crippen LogP contribution in [-0.4, -0.2) is 81.1 Å². The van der Waals surface area contributed by atoms with Crippen molar-refractivity contribution in [1.82, 2.24) is 19.9 Å². The van der Waals surface area contributed by atoms with Gasteiger partial charge in [-0.05, 0) is 0 Å². The van der Waals surface area contributed by atoms with Crippen molar-refractivity contribution in [3.05, 3.63) is 123 Å². The molecule has 0 bridgehead atoms. The summed E-state index contributed by atoms with van der Waals surface area (Å²) >= 11 is -0.375. The molecule has 248 valence electrons. The van der Waals surface area contributed by atoms with Crippen molar-refractivity contribution in [3.63, 3.8) is 0 Å². The van der Waals surface area contributed by atoms with E-state index >= 15 is 0 Å². The van der Waals surface area contributed by atoms with Crippen LogP contribution in [0.25, 0.3) is 0 Å². The number of hydrogen-bond donors (Lipinski definition) is 0. The van der Waals surface area contributed by atoms with Crippen molar-refractivity contribution >= 4 is 92.4 Å². The topological polar surface area (TPSA) is 103 Å². The van der Waals surface area contributed by atoms with Gasteiger partial charge in [0.1, 0.15) is 0 Å². The quantitative estimate of drug-likeness (QED) is 0.154. The summed E-state index contributed by atoms with van der Waals surface area (Å²) in [4.78, 5) is 66.7. The molecule has 6 rings (SSSR count). The molecule has 0 spiro atoms. The molecule has 10 nitrogen and oxygen atoms in total. The molecule has 3 aromatic heterocycles. The van der Waals surface area contributed by atoms with Gasteiger partial charge in [-0.15, -0.1) is 0 Å². The third-order valence-electron chi connectivity index (χ3n) is 7.34. The molecule has 0 atom stereocenters. The fourth-order valence-corrected chi connectivity index (χ4v) is 10.8. The second kappa shape index (κ2) is 16.0. The Bertz CT molecular complexity index is 1800. The van der Waals surface area contributed by atoms with E-state index < -0.39 is 0 Å². The zero-order chi connectivity index (χ0) is 34.3. The van der Waals surface area contributed by atoms with E-state index in [0.717, 1.165) is 48.2 Å². The molecule has 0 unspecified atom stereocenters. The number of aromatic nitrogens is 3. The van der Waals surface area contributed by atoms with Crippen LogP contribution < -0.4 is 14.7 Å². The maximum absolute atomic E-state index is 12.7. The molecular weight excluding hydrogens is 815 g/mol. The molecule has 13 heteroatoms. The van der Waals surface area contributed by atoms with Crippen molar-refractivity contribution in [3.8, 4) is 0 Å². The van der Waals surface area contributed by atoms with Crippen LogP contribution in [0.4, 0.5) is 31.1 Å². The van der Waals surface area contributed by atoms with Crippen molar-refractivity contribution in [2.75, 3.05) is 14.7 Å². The van der Waals surface area contributed by atoms with Crippen molar-refractivity contribution in [1.29, 1.82) is 0 Å². The maximum atomic E-state index is 12.7. The zero-order valence-electron chi connectivity index (χ0n) is 27.1. The number of carbonyl (C=O) groups excluding carboxylic acids is 3. The summed E-state index contributed by atoms with van der Waals surface area (Å²) in [6.45, 7) is 6.22. The summed E-state index contributed by atoms with van der Waals surface area (Å²) in [6, 6.07) is 28.7. The monoisotopic (exact) mass is 851 g/mol. The second-order valence-electron chi connectivity index (χ2n) is 11.1. The minimum atomic E-state index is -0.125. The Balaban J connectivity index is 1.28. The summed E-state index contributed by atoms with van der Waals surface area (Å²) in [7, 11) is 0. The van der Waals surface area contributed by atoms with Crippen LogP contribution in [0, 0.1) is 0 Å². The van der Waals surface area contributed by atoms with Gasteiger partial charge in [0.05, 0.1) is 0 Å². The molecule has 0 aliphatic rings. The Morgan fingerprint density at radius 1 is 0.469 bits per heavy atom. The first kappa shape index (κ1) is 34.7. The molecule has 0 fully saturated rings. The third-order valence-corrected chi connectivity index (χ3v) is 12.8. The molecular formula is C36H33N7O3Se3. The molecule has 6 aromatic rings. The van der Waals surface area contributed by atoms with Gasteiger partial charge in [-0.3, -0.25) is 0 Å². The Morgan fingerprint density at radius 3 is 0.980 bits per heavy atom. The Kier molecular flexibility index (Phi) is 11.3. The molecule has 0 aliphatic carbocycles. The van der Waals surface area contributed by atoms with Crippen LogP contribution in [-0.2, 0) is 34.0 Å². The third kappa shape index (κ3) is 8.52. The van der Waals surface area contributed by atoms with Crippen LogP contribution in [0.1, 0.15) is 37.9 Å². The van der Waals surface area contributed by atoms with Crippen LogP contribution >= 0.6 is 0 Å². The number of amides is 3. The predicted octanol–water partition coefficient (Wildman–Crippen LogP) is 5.30. The van der Waals surface area contributed by atoms with E-state index in [4.69, 9.17) is 15.0 Å². The predicted molar refractivity (Wildman–Crippen MR) is 194 cm³/mol. The molecule has 0 aliphatic heterocycles. The van der Waals surface area contributed by atoms with Gasteiger partial charge in [0.25, 0.3) is 0 Å². The number of anilines is 6. The van der Waals surface area contributed by atoms with Gasteiger partial charge in [-0.1, -0.05) is 0 Å². The van der Waals surface area contributed by atoms with Gasteiger partial charge in [0.15, 0.2) is 0 Å². The van der Waals surface area contributed by atoms with Crippen LogP contribution in [0.15, 0.2) is 106 Å². The first-order chi connectivity index (χ1) is 23.8. The SMILES string of the molecule is CC(=O)N(c1ccccc1)c1nc(CN(Cc2c[se]c(N(C(C)=O)c3ccccc3)n2)Cc2c[se]c(N(C(C)=O)c3ccccc3)n2)c[se]1. The summed E-state index contributed by atoms with van der Waals surface area (Å²) < 4.78 is 2.23. The summed E-state index contributed by atoms with van der Waals surface area (Å²) in [5, 5.41) is 0. The summed E-state index contributed by atoms with van der Waals surface area (Å²) in [5.74, 6) is -0.248. The molecule has 3 aromatic carbocycles. The number of nitrogens with zero attached hydrogens (tertiary/aromatic N) is 7. The number of hydrogen-bond acceptors (Lipinski definition) is 7. The summed E-state index contributed by atoms with van der Waals surface area (Å²) in [6.07, 6.45) is 0. The zero-order valence-corrected chi connectivity index (χ0v) is 32.2. The van der Waals surface area contributed by atoms with E-state index in [-0.39, 0.29) is 61.2 Å². The Morgan fingerprint density at radius 2 is 0.735 bits per heavy atom. The van der Waals surface area contributed by atoms with Gasteiger partial charge >= 0.3 is 305 Å². The number of rotatable bonds is 12. The molecule has 49 heavy (non-hydrogen) atoms. The first-order valence-electron chi connectivity index (χ1n) is 15.4. The van der Waals surface area contributed by atoms with Gasteiger partial charge in [-0.25, -0.2) is 0 Å². The standard InChI is InChI=1S/C36H33N7O3Se3/c1-25(44)41(31-13-7-4-8-14-31)34-37-28(22-47-34)19-40(20-29-23-48-35(38-29)42(26(2)45)32-15-9-5-10-16-32)21-30-24-49-36(39-30)43(27(3)46)33-17-11-6-12-18-33/h4-18,22-24H,19-21H2,1-3H3. The number of benzene rings is 3. The second-order valence-corrected chi connectivity index (χ2v) is 16.3. The first-order valence-corrected chi connectivity index (χ1v) is 20.9. The molecule has 0 radical (unpaired) electrons. The van der Waals surface area contributed by atoms with E-state index in [2.05, 4.69) is 19.7 Å². The van der Waals surface area contributed by atoms with Gasteiger partial charge < -0.3 is 0 Å². The van der Waals surface area contributed by atoms with Gasteiger partial charge in [0.2, 0.25) is 0 Å². The van der Waals surface area contributed by atoms with Crippen LogP contribution in [0.2, 0.25) is 0 Å². The van der Waals surface area contributed by atoms with E-state index in [1.54, 1.807) is 35.5 Å². The average molecular weight is 849 g/mol. The number of para-hydroxylation sites is 3. The Labute approximate surface area is 302 Å². The molecule has 3 amide bonds. The van der Waals surface area contributed by atoms with Gasteiger partial charge in [-0.2, -0.15) is 0 Å². The molecule has 3 heterocycles. The van der Waals surface area contributed by atoms with Crippen molar-refractivity contribution in [2.45, 2.75) is 40.4 Å². The summed E-state index contributed by atoms with van der Waals surface area (Å²) in [5.41, 5.74) is 5.02. The van der Waals surface area contributed by atoms with E-state index in [1.807, 2.05) is 91.0 Å². The molecule has 0 N–H and O–H groups in total.